The van der Waals surface area contributed by atoms with E-state index in [1.54, 1.807) is 0 Å². The van der Waals surface area contributed by atoms with Crippen molar-refractivity contribution in [3.63, 3.8) is 0 Å². The highest BCUT2D eigenvalue weighted by molar-refractivity contribution is 4.65. The molecule has 0 spiro atoms. The molecule has 0 aliphatic rings. The van der Waals surface area contributed by atoms with Crippen LogP contribution in [0.2, 0.25) is 0 Å². The zero-order valence-electron chi connectivity index (χ0n) is 18.5. The van der Waals surface area contributed by atoms with E-state index < -0.39 is 0 Å². The molecule has 0 saturated heterocycles. The zero-order valence-corrected chi connectivity index (χ0v) is 18.5. The van der Waals surface area contributed by atoms with Gasteiger partial charge in [-0.2, -0.15) is 0 Å². The Morgan fingerprint density at radius 1 is 0.640 bits per heavy atom. The third kappa shape index (κ3) is 20.1. The van der Waals surface area contributed by atoms with E-state index in [1.165, 1.54) is 109 Å². The average Bonchev–Trinajstić information content (AvgIpc) is 2.56. The topological polar surface area (TPSA) is 12.0 Å². The first-order chi connectivity index (χ1) is 12.0. The Balaban J connectivity index is 3.36. The molecule has 2 nitrogen and oxygen atoms in total. The van der Waals surface area contributed by atoms with Gasteiger partial charge >= 0.3 is 0 Å². The fraction of sp³-hybridized carbons (Fsp3) is 1.00. The van der Waals surface area contributed by atoms with E-state index in [0.717, 1.165) is 10.5 Å². The normalized spacial score (nSPS) is 13.3. The van der Waals surface area contributed by atoms with E-state index in [-0.39, 0.29) is 0 Å². The van der Waals surface area contributed by atoms with Crippen LogP contribution in [0.25, 0.3) is 0 Å². The van der Waals surface area contributed by atoms with Crippen molar-refractivity contribution in [3.8, 4) is 0 Å². The second kappa shape index (κ2) is 17.3. The first kappa shape index (κ1) is 24.9. The van der Waals surface area contributed by atoms with E-state index >= 15 is 0 Å². The Kier molecular flexibility index (Phi) is 17.3. The summed E-state index contributed by atoms with van der Waals surface area (Å²) in [5.74, 6) is 0. The van der Waals surface area contributed by atoms with Gasteiger partial charge in [-0.25, -0.2) is 0 Å². The van der Waals surface area contributed by atoms with Crippen molar-refractivity contribution in [2.75, 3.05) is 34.2 Å². The summed E-state index contributed by atoms with van der Waals surface area (Å²) in [7, 11) is 6.87. The third-order valence-electron chi connectivity index (χ3n) is 5.34. The van der Waals surface area contributed by atoms with Gasteiger partial charge in [-0.05, 0) is 38.6 Å². The van der Waals surface area contributed by atoms with Crippen molar-refractivity contribution >= 4 is 0 Å². The van der Waals surface area contributed by atoms with Crippen molar-refractivity contribution in [2.45, 2.75) is 116 Å². The molecule has 0 amide bonds. The van der Waals surface area contributed by atoms with Gasteiger partial charge < -0.3 is 9.80 Å². The predicted molar refractivity (Wildman–Crippen MR) is 115 cm³/mol. The van der Waals surface area contributed by atoms with Gasteiger partial charge in [0.1, 0.15) is 0 Å². The van der Waals surface area contributed by atoms with Crippen LogP contribution < -0.4 is 5.32 Å². The fourth-order valence-corrected chi connectivity index (χ4v) is 3.52. The Morgan fingerprint density at radius 3 is 1.68 bits per heavy atom. The lowest BCUT2D eigenvalue weighted by Gasteiger charge is -2.23. The van der Waals surface area contributed by atoms with Crippen molar-refractivity contribution < 1.29 is 4.48 Å². The molecule has 0 bridgehead atoms. The lowest BCUT2D eigenvalue weighted by molar-refractivity contribution is -0.870. The Hall–Kier alpha value is -0.0800. The molecule has 2 heteroatoms. The quantitative estimate of drug-likeness (QED) is 0.205. The van der Waals surface area contributed by atoms with Gasteiger partial charge in [0.15, 0.2) is 0 Å². The van der Waals surface area contributed by atoms with Crippen LogP contribution in [-0.2, 0) is 0 Å². The Labute approximate surface area is 160 Å². The molecule has 0 aliphatic carbocycles. The van der Waals surface area contributed by atoms with E-state index in [4.69, 9.17) is 0 Å². The van der Waals surface area contributed by atoms with Gasteiger partial charge in [0.25, 0.3) is 0 Å². The van der Waals surface area contributed by atoms with Gasteiger partial charge in [0, 0.05) is 6.04 Å². The zero-order chi connectivity index (χ0) is 18.8. The molecule has 0 fully saturated rings. The minimum Gasteiger partial charge on any atom is -0.331 e. The average molecular weight is 356 g/mol. The van der Waals surface area contributed by atoms with Gasteiger partial charge in [-0.1, -0.05) is 78.1 Å². The molecular weight excluding hydrogens is 304 g/mol. The number of rotatable bonds is 19. The second-order valence-corrected chi connectivity index (χ2v) is 9.10. The lowest BCUT2D eigenvalue weighted by Crippen LogP contribution is -2.35. The molecule has 1 unspecified atom stereocenters. The lowest BCUT2D eigenvalue weighted by atomic mass is 10.0. The molecule has 0 rings (SSSR count). The Morgan fingerprint density at radius 2 is 1.16 bits per heavy atom. The highest BCUT2D eigenvalue weighted by Crippen LogP contribution is 2.13. The van der Waals surface area contributed by atoms with Gasteiger partial charge in [-0.3, -0.25) is 0 Å². The molecule has 0 aromatic rings. The second-order valence-electron chi connectivity index (χ2n) is 9.10. The largest absolute Gasteiger partial charge is 0.331 e. The minimum absolute atomic E-state index is 0.757. The van der Waals surface area contributed by atoms with Crippen LogP contribution in [0.4, 0.5) is 0 Å². The van der Waals surface area contributed by atoms with Crippen LogP contribution in [0.1, 0.15) is 110 Å². The van der Waals surface area contributed by atoms with Gasteiger partial charge in [0.2, 0.25) is 0 Å². The molecule has 1 atom stereocenters. The van der Waals surface area contributed by atoms with Crippen LogP contribution >= 0.6 is 0 Å². The highest BCUT2D eigenvalue weighted by Gasteiger charge is 2.07. The molecular formula is C23H51N2+. The summed E-state index contributed by atoms with van der Waals surface area (Å²) < 4.78 is 1.10. The van der Waals surface area contributed by atoms with Crippen molar-refractivity contribution in [2.24, 2.45) is 0 Å². The molecule has 152 valence electrons. The summed E-state index contributed by atoms with van der Waals surface area (Å²) in [4.78, 5) is 0. The van der Waals surface area contributed by atoms with Gasteiger partial charge in [0.05, 0.1) is 27.7 Å². The number of nitrogens with one attached hydrogen (secondary N) is 1. The number of hydrogen-bond acceptors (Lipinski definition) is 1. The maximum atomic E-state index is 3.79. The maximum Gasteiger partial charge on any atom is 0.0780 e. The summed E-state index contributed by atoms with van der Waals surface area (Å²) in [5.41, 5.74) is 0. The summed E-state index contributed by atoms with van der Waals surface area (Å²) in [5, 5.41) is 3.79. The summed E-state index contributed by atoms with van der Waals surface area (Å²) in [6.45, 7) is 7.15. The molecule has 0 saturated carbocycles. The van der Waals surface area contributed by atoms with Crippen LogP contribution in [0, 0.1) is 0 Å². The molecule has 1 N–H and O–H groups in total. The van der Waals surface area contributed by atoms with E-state index in [1.807, 2.05) is 0 Å². The fourth-order valence-electron chi connectivity index (χ4n) is 3.52. The van der Waals surface area contributed by atoms with E-state index in [2.05, 4.69) is 40.3 Å². The van der Waals surface area contributed by atoms with Crippen LogP contribution in [0.3, 0.4) is 0 Å². The summed E-state index contributed by atoms with van der Waals surface area (Å²) in [6, 6.07) is 0.757. The third-order valence-corrected chi connectivity index (χ3v) is 5.34. The maximum absolute atomic E-state index is 3.79. The number of unbranched alkanes of at least 4 members (excludes halogenated alkanes) is 11. The number of nitrogens with zero attached hydrogens (tertiary/aromatic N) is 1. The molecule has 0 aliphatic heterocycles. The summed E-state index contributed by atoms with van der Waals surface area (Å²) in [6.07, 6.45) is 21.2. The molecule has 0 aromatic heterocycles. The number of quaternary nitrogens is 1. The van der Waals surface area contributed by atoms with Crippen LogP contribution in [0.5, 0.6) is 0 Å². The van der Waals surface area contributed by atoms with E-state index in [9.17, 15) is 0 Å². The molecule has 25 heavy (non-hydrogen) atoms. The van der Waals surface area contributed by atoms with Crippen molar-refractivity contribution in [1.82, 2.24) is 5.32 Å². The number of hydrogen-bond donors (Lipinski definition) is 1. The van der Waals surface area contributed by atoms with Crippen LogP contribution in [-0.4, -0.2) is 44.8 Å². The Bertz CT molecular complexity index is 257. The SMILES string of the molecule is CCCCCCCCCCCCC(CC)NCCCCC[N+](C)(C)C. The first-order valence-corrected chi connectivity index (χ1v) is 11.5. The molecule has 0 heterocycles. The highest BCUT2D eigenvalue weighted by atomic mass is 15.3. The van der Waals surface area contributed by atoms with Crippen molar-refractivity contribution in [3.05, 3.63) is 0 Å². The monoisotopic (exact) mass is 355 g/mol. The minimum atomic E-state index is 0.757. The van der Waals surface area contributed by atoms with Crippen molar-refractivity contribution in [1.29, 1.82) is 0 Å². The van der Waals surface area contributed by atoms with Gasteiger partial charge in [-0.15, -0.1) is 0 Å². The molecule has 0 radical (unpaired) electrons. The first-order valence-electron chi connectivity index (χ1n) is 11.5. The predicted octanol–water partition coefficient (Wildman–Crippen LogP) is 6.54. The standard InChI is InChI=1S/C23H51N2/c1-6-8-9-10-11-12-13-14-15-17-20-23(7-2)24-21-18-16-19-22-25(3,4)5/h23-24H,6-22H2,1-5H3/q+1. The summed E-state index contributed by atoms with van der Waals surface area (Å²) >= 11 is 0. The van der Waals surface area contributed by atoms with Crippen LogP contribution in [0.15, 0.2) is 0 Å². The smallest absolute Gasteiger partial charge is 0.0780 e. The van der Waals surface area contributed by atoms with E-state index in [0.29, 0.717) is 0 Å². The molecule has 0 aromatic carbocycles.